The summed E-state index contributed by atoms with van der Waals surface area (Å²) in [6.45, 7) is 0.227. The van der Waals surface area contributed by atoms with Crippen LogP contribution in [0.4, 0.5) is 0 Å². The summed E-state index contributed by atoms with van der Waals surface area (Å²) < 4.78 is 1.71. The first-order valence-corrected chi connectivity index (χ1v) is 11.7. The molecular weight excluding hydrogens is 470 g/mol. The largest absolute Gasteiger partial charge is 0.481 e. The third-order valence-corrected chi connectivity index (χ3v) is 6.54. The second-order valence-corrected chi connectivity index (χ2v) is 8.92. The minimum atomic E-state index is -1.27. The minimum Gasteiger partial charge on any atom is -0.481 e. The first kappa shape index (κ1) is 24.9. The molecule has 0 bridgehead atoms. The summed E-state index contributed by atoms with van der Waals surface area (Å²) in [6.07, 6.45) is 0.406. The van der Waals surface area contributed by atoms with E-state index in [2.05, 4.69) is 10.6 Å². The second kappa shape index (κ2) is 10.2. The van der Waals surface area contributed by atoms with Crippen LogP contribution < -0.4 is 10.6 Å². The molecule has 3 heterocycles. The lowest BCUT2D eigenvalue weighted by Crippen LogP contribution is -2.64. The van der Waals surface area contributed by atoms with Crippen LogP contribution in [0.15, 0.2) is 30.3 Å². The number of carbonyl (C=O) groups excluding carboxylic acids is 5. The van der Waals surface area contributed by atoms with Gasteiger partial charge in [-0.2, -0.15) is 0 Å². The Balaban J connectivity index is 1.56. The lowest BCUT2D eigenvalue weighted by atomic mass is 10.0. The number of para-hydroxylation sites is 1. The topological polar surface area (TPSA) is 158 Å². The molecule has 3 unspecified atom stereocenters. The monoisotopic (exact) mass is 497 g/mol. The van der Waals surface area contributed by atoms with E-state index in [0.717, 1.165) is 15.9 Å². The first-order valence-electron chi connectivity index (χ1n) is 11.7. The maximum Gasteiger partial charge on any atom is 0.305 e. The number of aliphatic carboxylic acids is 1. The van der Waals surface area contributed by atoms with Crippen molar-refractivity contribution in [1.29, 1.82) is 0 Å². The van der Waals surface area contributed by atoms with Crippen molar-refractivity contribution < 1.29 is 33.9 Å². The summed E-state index contributed by atoms with van der Waals surface area (Å²) in [5, 5.41) is 17.2. The number of nitrogens with zero attached hydrogens (tertiary/aromatic N) is 3. The molecule has 2 aromatic rings. The van der Waals surface area contributed by atoms with Gasteiger partial charge < -0.3 is 25.1 Å². The van der Waals surface area contributed by atoms with Gasteiger partial charge in [-0.1, -0.05) is 18.2 Å². The molecule has 0 spiro atoms. The van der Waals surface area contributed by atoms with Gasteiger partial charge in [0, 0.05) is 30.9 Å². The van der Waals surface area contributed by atoms with Gasteiger partial charge in [0.2, 0.25) is 11.8 Å². The zero-order valence-electron chi connectivity index (χ0n) is 19.7. The number of aromatic nitrogens is 1. The number of rotatable bonds is 7. The molecule has 3 N–H and O–H groups in total. The van der Waals surface area contributed by atoms with E-state index in [9.17, 15) is 28.8 Å². The zero-order chi connectivity index (χ0) is 26.0. The van der Waals surface area contributed by atoms with Gasteiger partial charge in [-0.3, -0.25) is 29.0 Å². The number of aryl methyl sites for hydroxylation is 1. The number of benzene rings is 1. The fraction of sp³-hybridized carbons (Fsp3) is 0.417. The predicted molar refractivity (Wildman–Crippen MR) is 125 cm³/mol. The van der Waals surface area contributed by atoms with Gasteiger partial charge in [0.15, 0.2) is 0 Å². The van der Waals surface area contributed by atoms with Crippen molar-refractivity contribution in [3.05, 3.63) is 36.0 Å². The Morgan fingerprint density at radius 2 is 1.94 bits per heavy atom. The smallest absolute Gasteiger partial charge is 0.305 e. The summed E-state index contributed by atoms with van der Waals surface area (Å²) >= 11 is 0. The van der Waals surface area contributed by atoms with Crippen LogP contribution in [0.1, 0.15) is 42.6 Å². The van der Waals surface area contributed by atoms with Crippen LogP contribution in [0.2, 0.25) is 0 Å². The van der Waals surface area contributed by atoms with Gasteiger partial charge in [-0.15, -0.1) is 0 Å². The molecule has 0 radical (unpaired) electrons. The standard InChI is InChI=1S/C24H27N5O7/c1-27-17-6-3-2-5-14(17)11-19(27)23(35)26-16-8-9-20(31)28-10-4-7-18(29(28)24(16)36)22(34)25-15(13-30)12-21(32)33/h2-3,5-6,11,13,15-16,18H,4,7-10,12H2,1H3,(H,25,34)(H,26,35)(H,32,33). The van der Waals surface area contributed by atoms with Crippen LogP contribution in [0.5, 0.6) is 0 Å². The Kier molecular flexibility index (Phi) is 7.04. The Morgan fingerprint density at radius 1 is 1.19 bits per heavy atom. The number of amides is 4. The van der Waals surface area contributed by atoms with Crippen molar-refractivity contribution in [2.45, 2.75) is 50.2 Å². The number of carbonyl (C=O) groups is 6. The van der Waals surface area contributed by atoms with E-state index in [4.69, 9.17) is 5.11 Å². The lowest BCUT2D eigenvalue weighted by Gasteiger charge is -2.43. The molecule has 2 saturated heterocycles. The third kappa shape index (κ3) is 4.79. The number of nitrogens with one attached hydrogen (secondary N) is 2. The molecule has 0 saturated carbocycles. The van der Waals surface area contributed by atoms with Gasteiger partial charge in [0.05, 0.1) is 12.5 Å². The summed E-state index contributed by atoms with van der Waals surface area (Å²) in [5.74, 6) is -3.48. The van der Waals surface area contributed by atoms with Crippen LogP contribution in [-0.2, 0) is 31.0 Å². The van der Waals surface area contributed by atoms with Crippen molar-refractivity contribution in [2.24, 2.45) is 7.05 Å². The maximum atomic E-state index is 13.6. The maximum absolute atomic E-state index is 13.6. The molecule has 1 aromatic heterocycles. The van der Waals surface area contributed by atoms with Gasteiger partial charge in [-0.25, -0.2) is 5.01 Å². The number of hydrogen-bond donors (Lipinski definition) is 3. The molecule has 2 aliphatic rings. The highest BCUT2D eigenvalue weighted by atomic mass is 16.4. The number of hydrogen-bond acceptors (Lipinski definition) is 6. The number of carboxylic acid groups (broad SMARTS) is 1. The van der Waals surface area contributed by atoms with Crippen LogP contribution >= 0.6 is 0 Å². The molecule has 2 aliphatic heterocycles. The van der Waals surface area contributed by atoms with Crippen molar-refractivity contribution in [3.8, 4) is 0 Å². The van der Waals surface area contributed by atoms with Gasteiger partial charge in [0.1, 0.15) is 24.1 Å². The molecular formula is C24H27N5O7. The van der Waals surface area contributed by atoms with Crippen molar-refractivity contribution in [1.82, 2.24) is 25.2 Å². The van der Waals surface area contributed by atoms with Crippen LogP contribution in [0, 0.1) is 0 Å². The molecule has 0 aliphatic carbocycles. The third-order valence-electron chi connectivity index (χ3n) is 6.54. The first-order chi connectivity index (χ1) is 17.2. The average Bonchev–Trinajstić information content (AvgIpc) is 3.15. The van der Waals surface area contributed by atoms with Gasteiger partial charge >= 0.3 is 5.97 Å². The molecule has 1 aromatic carbocycles. The number of hydrazine groups is 1. The van der Waals surface area contributed by atoms with E-state index in [1.165, 1.54) is 5.01 Å². The second-order valence-electron chi connectivity index (χ2n) is 8.92. The van der Waals surface area contributed by atoms with E-state index in [1.54, 1.807) is 17.7 Å². The average molecular weight is 498 g/mol. The molecule has 2 fully saturated rings. The summed E-state index contributed by atoms with van der Waals surface area (Å²) in [4.78, 5) is 74.7. The molecule has 3 atom stereocenters. The van der Waals surface area contributed by atoms with Gasteiger partial charge in [0.25, 0.3) is 11.8 Å². The quantitative estimate of drug-likeness (QED) is 0.453. The highest BCUT2D eigenvalue weighted by molar-refractivity contribution is 6.02. The van der Waals surface area contributed by atoms with E-state index in [1.807, 2.05) is 24.3 Å². The summed E-state index contributed by atoms with van der Waals surface area (Å²) in [7, 11) is 1.74. The zero-order valence-corrected chi connectivity index (χ0v) is 19.7. The van der Waals surface area contributed by atoms with E-state index >= 15 is 0 Å². The predicted octanol–water partition coefficient (Wildman–Crippen LogP) is -0.0365. The highest BCUT2D eigenvalue weighted by Crippen LogP contribution is 2.26. The van der Waals surface area contributed by atoms with Crippen LogP contribution in [-0.4, -0.2) is 80.2 Å². The summed E-state index contributed by atoms with van der Waals surface area (Å²) in [6, 6.07) is 5.70. The number of aldehydes is 1. The van der Waals surface area contributed by atoms with Crippen LogP contribution in [0.3, 0.4) is 0 Å². The fourth-order valence-electron chi connectivity index (χ4n) is 4.75. The van der Waals surface area contributed by atoms with E-state index in [0.29, 0.717) is 18.4 Å². The van der Waals surface area contributed by atoms with Crippen molar-refractivity contribution in [3.63, 3.8) is 0 Å². The molecule has 36 heavy (non-hydrogen) atoms. The Labute approximate surface area is 206 Å². The SMILES string of the molecule is Cn1c(C(=O)NC2CCC(=O)N3CCCC(C(=O)NC(C=O)CC(=O)O)N3C2=O)cc2ccccc21. The normalized spacial score (nSPS) is 20.9. The molecule has 4 amide bonds. The molecule has 12 nitrogen and oxygen atoms in total. The van der Waals surface area contributed by atoms with Crippen molar-refractivity contribution >= 4 is 46.8 Å². The van der Waals surface area contributed by atoms with Crippen molar-refractivity contribution in [2.75, 3.05) is 6.54 Å². The van der Waals surface area contributed by atoms with Gasteiger partial charge in [-0.05, 0) is 31.4 Å². The summed E-state index contributed by atoms with van der Waals surface area (Å²) in [5.41, 5.74) is 1.18. The highest BCUT2D eigenvalue weighted by Gasteiger charge is 2.45. The molecule has 190 valence electrons. The van der Waals surface area contributed by atoms with Crippen LogP contribution in [0.25, 0.3) is 10.9 Å². The Morgan fingerprint density at radius 3 is 2.64 bits per heavy atom. The number of carboxylic acids is 1. The Hall–Kier alpha value is -4.22. The lowest BCUT2D eigenvalue weighted by molar-refractivity contribution is -0.176. The molecule has 4 rings (SSSR count). The van der Waals surface area contributed by atoms with E-state index < -0.39 is 48.2 Å². The van der Waals surface area contributed by atoms with E-state index in [-0.39, 0.29) is 31.7 Å². The Bertz CT molecular complexity index is 1240. The minimum absolute atomic E-state index is 0.00733. The molecule has 12 heteroatoms. The number of fused-ring (bicyclic) bond motifs is 2. The fourth-order valence-corrected chi connectivity index (χ4v) is 4.75.